The number of anilines is 1. The third-order valence-electron chi connectivity index (χ3n) is 3.61. The van der Waals surface area contributed by atoms with E-state index in [1.165, 1.54) is 0 Å². The molecule has 0 aliphatic carbocycles. The van der Waals surface area contributed by atoms with Gasteiger partial charge in [0.1, 0.15) is 5.60 Å². The molecule has 2 rings (SSSR count). The zero-order chi connectivity index (χ0) is 17.0. The molecule has 0 radical (unpaired) electrons. The largest absolute Gasteiger partial charge is 0.444 e. The van der Waals surface area contributed by atoms with E-state index in [0.717, 1.165) is 11.3 Å². The van der Waals surface area contributed by atoms with Gasteiger partial charge in [-0.25, -0.2) is 9.59 Å². The lowest BCUT2D eigenvalue weighted by Gasteiger charge is -2.35. The van der Waals surface area contributed by atoms with E-state index in [9.17, 15) is 9.59 Å². The molecule has 1 fully saturated rings. The molecule has 1 aromatic carbocycles. The van der Waals surface area contributed by atoms with Crippen LogP contribution in [-0.4, -0.2) is 53.7 Å². The summed E-state index contributed by atoms with van der Waals surface area (Å²) in [4.78, 5) is 27.7. The number of ether oxygens (including phenoxy) is 1. The van der Waals surface area contributed by atoms with Gasteiger partial charge in [0.05, 0.1) is 0 Å². The zero-order valence-corrected chi connectivity index (χ0v) is 14.3. The van der Waals surface area contributed by atoms with Crippen LogP contribution >= 0.6 is 0 Å². The Morgan fingerprint density at radius 1 is 1.04 bits per heavy atom. The van der Waals surface area contributed by atoms with E-state index in [2.05, 4.69) is 5.32 Å². The second kappa shape index (κ2) is 6.89. The molecular formula is C17H25N3O3. The van der Waals surface area contributed by atoms with Gasteiger partial charge in [-0.3, -0.25) is 0 Å². The highest BCUT2D eigenvalue weighted by Gasteiger charge is 2.27. The normalized spacial score (nSPS) is 15.3. The zero-order valence-electron chi connectivity index (χ0n) is 14.3. The predicted octanol–water partition coefficient (Wildman–Crippen LogP) is 3.08. The van der Waals surface area contributed by atoms with Gasteiger partial charge in [-0.05, 0) is 39.3 Å². The number of nitrogens with one attached hydrogen (secondary N) is 1. The van der Waals surface area contributed by atoms with Gasteiger partial charge in [0.25, 0.3) is 0 Å². The van der Waals surface area contributed by atoms with Gasteiger partial charge in [0, 0.05) is 31.9 Å². The Bertz CT molecular complexity index is 573. The van der Waals surface area contributed by atoms with Gasteiger partial charge in [-0.2, -0.15) is 0 Å². The van der Waals surface area contributed by atoms with Crippen molar-refractivity contribution in [2.45, 2.75) is 33.3 Å². The first-order valence-corrected chi connectivity index (χ1v) is 7.86. The van der Waals surface area contributed by atoms with Gasteiger partial charge in [0.2, 0.25) is 0 Å². The molecule has 0 bridgehead atoms. The first-order valence-electron chi connectivity index (χ1n) is 7.86. The summed E-state index contributed by atoms with van der Waals surface area (Å²) in [6.07, 6.45) is -0.323. The lowest BCUT2D eigenvalue weighted by Crippen LogP contribution is -2.52. The topological polar surface area (TPSA) is 61.9 Å². The number of aryl methyl sites for hydroxylation is 1. The van der Waals surface area contributed by atoms with Gasteiger partial charge < -0.3 is 19.9 Å². The Kier molecular flexibility index (Phi) is 5.13. The van der Waals surface area contributed by atoms with E-state index in [4.69, 9.17) is 4.74 Å². The molecule has 1 aromatic rings. The van der Waals surface area contributed by atoms with Gasteiger partial charge >= 0.3 is 12.1 Å². The van der Waals surface area contributed by atoms with Gasteiger partial charge in [-0.1, -0.05) is 18.2 Å². The summed E-state index contributed by atoms with van der Waals surface area (Å²) in [5.74, 6) is 0. The lowest BCUT2D eigenvalue weighted by atomic mass is 10.2. The molecule has 1 saturated heterocycles. The van der Waals surface area contributed by atoms with E-state index >= 15 is 0 Å². The maximum Gasteiger partial charge on any atom is 0.410 e. The highest BCUT2D eigenvalue weighted by Crippen LogP contribution is 2.15. The van der Waals surface area contributed by atoms with Crippen molar-refractivity contribution in [1.29, 1.82) is 0 Å². The maximum atomic E-state index is 12.3. The SMILES string of the molecule is Cc1ccccc1NC(=O)N1CCN(C(=O)OC(C)(C)C)CC1. The van der Waals surface area contributed by atoms with Crippen molar-refractivity contribution in [3.05, 3.63) is 29.8 Å². The third-order valence-corrected chi connectivity index (χ3v) is 3.61. The average molecular weight is 319 g/mol. The van der Waals surface area contributed by atoms with Crippen molar-refractivity contribution in [3.63, 3.8) is 0 Å². The van der Waals surface area contributed by atoms with Gasteiger partial charge in [0.15, 0.2) is 0 Å². The fourth-order valence-electron chi connectivity index (χ4n) is 2.33. The van der Waals surface area contributed by atoms with Crippen molar-refractivity contribution in [2.24, 2.45) is 0 Å². The lowest BCUT2D eigenvalue weighted by molar-refractivity contribution is 0.0174. The summed E-state index contributed by atoms with van der Waals surface area (Å²) in [6, 6.07) is 7.52. The molecule has 0 saturated carbocycles. The second-order valence-electron chi connectivity index (χ2n) is 6.70. The van der Waals surface area contributed by atoms with E-state index in [0.29, 0.717) is 26.2 Å². The Morgan fingerprint density at radius 2 is 1.61 bits per heavy atom. The highest BCUT2D eigenvalue weighted by molar-refractivity contribution is 5.90. The van der Waals surface area contributed by atoms with Crippen LogP contribution in [0.2, 0.25) is 0 Å². The van der Waals surface area contributed by atoms with Crippen LogP contribution in [0, 0.1) is 6.92 Å². The molecule has 6 heteroatoms. The molecule has 0 aromatic heterocycles. The standard InChI is InChI=1S/C17H25N3O3/c1-13-7-5-6-8-14(13)18-15(21)19-9-11-20(12-10-19)16(22)23-17(2,3)4/h5-8H,9-12H2,1-4H3,(H,18,21). The van der Waals surface area contributed by atoms with Crippen molar-refractivity contribution in [2.75, 3.05) is 31.5 Å². The summed E-state index contributed by atoms with van der Waals surface area (Å²) < 4.78 is 5.35. The first-order chi connectivity index (χ1) is 10.8. The third kappa shape index (κ3) is 4.87. The molecule has 3 amide bonds. The van der Waals surface area contributed by atoms with Crippen molar-refractivity contribution in [3.8, 4) is 0 Å². The fourth-order valence-corrected chi connectivity index (χ4v) is 2.33. The number of hydrogen-bond donors (Lipinski definition) is 1. The summed E-state index contributed by atoms with van der Waals surface area (Å²) in [5, 5.41) is 2.91. The number of benzene rings is 1. The van der Waals surface area contributed by atoms with Crippen LogP contribution in [0.4, 0.5) is 15.3 Å². The minimum Gasteiger partial charge on any atom is -0.444 e. The average Bonchev–Trinajstić information content (AvgIpc) is 2.48. The van der Waals surface area contributed by atoms with Gasteiger partial charge in [-0.15, -0.1) is 0 Å². The number of urea groups is 1. The molecule has 1 heterocycles. The van der Waals surface area contributed by atoms with Crippen molar-refractivity contribution < 1.29 is 14.3 Å². The number of carbonyl (C=O) groups excluding carboxylic acids is 2. The molecule has 6 nitrogen and oxygen atoms in total. The monoisotopic (exact) mass is 319 g/mol. The highest BCUT2D eigenvalue weighted by atomic mass is 16.6. The Balaban J connectivity index is 1.85. The number of hydrogen-bond acceptors (Lipinski definition) is 3. The smallest absolute Gasteiger partial charge is 0.410 e. The van der Waals surface area contributed by atoms with Crippen LogP contribution in [0.25, 0.3) is 0 Å². The molecule has 23 heavy (non-hydrogen) atoms. The van der Waals surface area contributed by atoms with Crippen molar-refractivity contribution >= 4 is 17.8 Å². The van der Waals surface area contributed by atoms with Crippen LogP contribution < -0.4 is 5.32 Å². The van der Waals surface area contributed by atoms with Crippen LogP contribution in [0.5, 0.6) is 0 Å². The molecule has 126 valence electrons. The van der Waals surface area contributed by atoms with Crippen molar-refractivity contribution in [1.82, 2.24) is 9.80 Å². The summed E-state index contributed by atoms with van der Waals surface area (Å²) in [7, 11) is 0. The Labute approximate surface area is 137 Å². The first kappa shape index (κ1) is 17.1. The van der Waals surface area contributed by atoms with E-state index < -0.39 is 5.60 Å². The number of rotatable bonds is 1. The Hall–Kier alpha value is -2.24. The maximum absolute atomic E-state index is 12.3. The predicted molar refractivity (Wildman–Crippen MR) is 89.6 cm³/mol. The summed E-state index contributed by atoms with van der Waals surface area (Å²) >= 11 is 0. The van der Waals surface area contributed by atoms with Crippen LogP contribution in [0.15, 0.2) is 24.3 Å². The van der Waals surface area contributed by atoms with Crippen LogP contribution in [0.1, 0.15) is 26.3 Å². The van der Waals surface area contributed by atoms with E-state index in [1.54, 1.807) is 9.80 Å². The number of carbonyl (C=O) groups is 2. The number of nitrogens with zero attached hydrogens (tertiary/aromatic N) is 2. The number of piperazine rings is 1. The summed E-state index contributed by atoms with van der Waals surface area (Å²) in [5.41, 5.74) is 1.33. The minimum absolute atomic E-state index is 0.136. The van der Waals surface area contributed by atoms with Crippen LogP contribution in [-0.2, 0) is 4.74 Å². The van der Waals surface area contributed by atoms with E-state index in [1.807, 2.05) is 52.0 Å². The molecule has 1 N–H and O–H groups in total. The van der Waals surface area contributed by atoms with E-state index in [-0.39, 0.29) is 12.1 Å². The minimum atomic E-state index is -0.504. The summed E-state index contributed by atoms with van der Waals surface area (Å²) in [6.45, 7) is 9.44. The fraction of sp³-hybridized carbons (Fsp3) is 0.529. The molecular weight excluding hydrogens is 294 g/mol. The Morgan fingerprint density at radius 3 is 2.17 bits per heavy atom. The molecule has 1 aliphatic rings. The second-order valence-corrected chi connectivity index (χ2v) is 6.70. The number of para-hydroxylation sites is 1. The quantitative estimate of drug-likeness (QED) is 0.865. The molecule has 0 unspecified atom stereocenters. The molecule has 0 spiro atoms. The number of amides is 3. The molecule has 0 atom stereocenters. The molecule has 1 aliphatic heterocycles. The van der Waals surface area contributed by atoms with Crippen LogP contribution in [0.3, 0.4) is 0 Å².